The molecule has 5 aromatic rings. The number of aryl methyl sites for hydroxylation is 1. The molecule has 1 aliphatic rings. The molecule has 3 aromatic carbocycles. The minimum atomic E-state index is -0.943. The molecular weight excluding hydrogens is 557 g/mol. The summed E-state index contributed by atoms with van der Waals surface area (Å²) in [6, 6.07) is 24.4. The minimum absolute atomic E-state index is 0.135. The van der Waals surface area contributed by atoms with Gasteiger partial charge < -0.3 is 25.0 Å². The molecule has 1 atom stereocenters. The van der Waals surface area contributed by atoms with Crippen molar-refractivity contribution in [2.75, 3.05) is 36.4 Å². The van der Waals surface area contributed by atoms with E-state index < -0.39 is 6.10 Å². The lowest BCUT2D eigenvalue weighted by atomic mass is 10.1. The molecule has 11 heteroatoms. The number of thiazole rings is 1. The summed E-state index contributed by atoms with van der Waals surface area (Å²) in [5.74, 6) is 1.79. The topological polar surface area (TPSA) is 104 Å². The third-order valence-corrected chi connectivity index (χ3v) is 8.28. The van der Waals surface area contributed by atoms with Crippen molar-refractivity contribution in [2.24, 2.45) is 0 Å². The van der Waals surface area contributed by atoms with Crippen LogP contribution in [0.15, 0.2) is 84.2 Å². The maximum Gasteiger partial charge on any atom is 0.321 e. The smallest absolute Gasteiger partial charge is 0.321 e. The Hall–Kier alpha value is -4.32. The number of hydrogen-bond acceptors (Lipinski definition) is 9. The zero-order chi connectivity index (χ0) is 28.2. The van der Waals surface area contributed by atoms with Crippen LogP contribution in [0.25, 0.3) is 11.3 Å². The Kier molecular flexibility index (Phi) is 7.90. The summed E-state index contributed by atoms with van der Waals surface area (Å²) < 4.78 is 10.2. The van der Waals surface area contributed by atoms with Crippen molar-refractivity contribution in [1.29, 1.82) is 0 Å². The first-order chi connectivity index (χ1) is 20.0. The Labute approximate surface area is 245 Å². The number of carbonyl (C=O) groups is 1. The predicted octanol–water partition coefficient (Wildman–Crippen LogP) is 6.20. The lowest BCUT2D eigenvalue weighted by molar-refractivity contribution is 0.208. The number of rotatable bonds is 7. The van der Waals surface area contributed by atoms with Crippen LogP contribution < -0.4 is 15.0 Å². The Balaban J connectivity index is 1.02. The van der Waals surface area contributed by atoms with E-state index in [4.69, 9.17) is 4.74 Å². The van der Waals surface area contributed by atoms with Crippen molar-refractivity contribution in [3.8, 4) is 22.8 Å². The monoisotopic (exact) mass is 584 g/mol. The maximum absolute atomic E-state index is 13.0. The third kappa shape index (κ3) is 6.37. The van der Waals surface area contributed by atoms with Crippen molar-refractivity contribution in [3.05, 3.63) is 101 Å². The number of amides is 2. The molecule has 1 fully saturated rings. The quantitative estimate of drug-likeness (QED) is 0.235. The summed E-state index contributed by atoms with van der Waals surface area (Å²) in [4.78, 5) is 26.0. The van der Waals surface area contributed by atoms with Gasteiger partial charge in [0.05, 0.1) is 10.7 Å². The number of aromatic nitrogens is 3. The number of benzene rings is 3. The third-order valence-electron chi connectivity index (χ3n) is 6.72. The van der Waals surface area contributed by atoms with Crippen LogP contribution in [0.2, 0.25) is 0 Å². The van der Waals surface area contributed by atoms with Crippen LogP contribution in [0.3, 0.4) is 0 Å². The fraction of sp³-hybridized carbons (Fsp3) is 0.200. The largest absolute Gasteiger partial charge is 0.457 e. The second-order valence-corrected chi connectivity index (χ2v) is 11.4. The molecular formula is C30H28N6O3S2. The van der Waals surface area contributed by atoms with Crippen LogP contribution in [-0.4, -0.2) is 56.6 Å². The summed E-state index contributed by atoms with van der Waals surface area (Å²) >= 11 is 2.86. The SMILES string of the molecule is Cc1nc(-c2cccc(NC(=O)N3CCN(c4nc(C(O)c5ccc(Oc6ccccc6)cc5)ns4)CC3)c2)cs1. The average Bonchev–Trinajstić information content (AvgIpc) is 3.68. The van der Waals surface area contributed by atoms with E-state index in [9.17, 15) is 9.90 Å². The predicted molar refractivity (Wildman–Crippen MR) is 162 cm³/mol. The molecule has 6 rings (SSSR count). The summed E-state index contributed by atoms with van der Waals surface area (Å²) in [6.07, 6.45) is -0.943. The number of anilines is 2. The highest BCUT2D eigenvalue weighted by molar-refractivity contribution is 7.10. The number of aliphatic hydroxyl groups excluding tert-OH is 1. The second-order valence-electron chi connectivity index (χ2n) is 9.56. The van der Waals surface area contributed by atoms with Gasteiger partial charge in [-0.15, -0.1) is 11.3 Å². The number of piperazine rings is 1. The van der Waals surface area contributed by atoms with Gasteiger partial charge >= 0.3 is 6.03 Å². The van der Waals surface area contributed by atoms with Gasteiger partial charge in [0.1, 0.15) is 17.6 Å². The molecule has 41 heavy (non-hydrogen) atoms. The van der Waals surface area contributed by atoms with Gasteiger partial charge in [0, 0.05) is 54.3 Å². The van der Waals surface area contributed by atoms with Crippen molar-refractivity contribution < 1.29 is 14.6 Å². The van der Waals surface area contributed by atoms with Crippen molar-refractivity contribution >= 4 is 39.7 Å². The van der Waals surface area contributed by atoms with E-state index in [-0.39, 0.29) is 6.03 Å². The lowest BCUT2D eigenvalue weighted by Crippen LogP contribution is -2.50. The lowest BCUT2D eigenvalue weighted by Gasteiger charge is -2.34. The van der Waals surface area contributed by atoms with Crippen LogP contribution in [0.4, 0.5) is 15.6 Å². The molecule has 2 amide bonds. The molecule has 0 spiro atoms. The van der Waals surface area contributed by atoms with Gasteiger partial charge in [-0.05, 0) is 48.9 Å². The zero-order valence-corrected chi connectivity index (χ0v) is 23.9. The molecule has 0 aliphatic carbocycles. The summed E-state index contributed by atoms with van der Waals surface area (Å²) in [6.45, 7) is 4.34. The molecule has 0 radical (unpaired) electrons. The Morgan fingerprint density at radius 3 is 2.44 bits per heavy atom. The number of aliphatic hydroxyl groups is 1. The molecule has 2 N–H and O–H groups in total. The fourth-order valence-corrected chi connectivity index (χ4v) is 5.88. The highest BCUT2D eigenvalue weighted by atomic mass is 32.1. The fourth-order valence-electron chi connectivity index (χ4n) is 4.51. The molecule has 0 saturated carbocycles. The van der Waals surface area contributed by atoms with Crippen LogP contribution in [0.1, 0.15) is 22.5 Å². The Morgan fingerprint density at radius 1 is 0.951 bits per heavy atom. The highest BCUT2D eigenvalue weighted by Crippen LogP contribution is 2.29. The number of para-hydroxylation sites is 1. The van der Waals surface area contributed by atoms with E-state index in [1.54, 1.807) is 16.2 Å². The van der Waals surface area contributed by atoms with E-state index in [1.807, 2.05) is 91.2 Å². The summed E-state index contributed by atoms with van der Waals surface area (Å²) in [5.41, 5.74) is 3.31. The highest BCUT2D eigenvalue weighted by Gasteiger charge is 2.25. The molecule has 1 aliphatic heterocycles. The molecule has 2 aromatic heterocycles. The first-order valence-corrected chi connectivity index (χ1v) is 14.8. The number of ether oxygens (including phenoxy) is 1. The summed E-state index contributed by atoms with van der Waals surface area (Å²) in [5, 5.41) is 17.7. The van der Waals surface area contributed by atoms with Gasteiger partial charge in [-0.25, -0.2) is 14.8 Å². The first-order valence-electron chi connectivity index (χ1n) is 13.2. The first kappa shape index (κ1) is 26.9. The van der Waals surface area contributed by atoms with Crippen LogP contribution in [-0.2, 0) is 0 Å². The number of hydrogen-bond donors (Lipinski definition) is 2. The van der Waals surface area contributed by atoms with Crippen LogP contribution >= 0.6 is 22.9 Å². The summed E-state index contributed by atoms with van der Waals surface area (Å²) in [7, 11) is 0. The van der Waals surface area contributed by atoms with Gasteiger partial charge in [0.25, 0.3) is 0 Å². The standard InChI is InChI=1S/C30H28N6O3S2/c1-20-31-26(19-40-20)22-6-5-7-23(18-22)32-29(38)35-14-16-36(17-15-35)30-33-28(34-41-30)27(37)21-10-12-25(13-11-21)39-24-8-3-2-4-9-24/h2-13,18-19,27,37H,14-17H2,1H3,(H,32,38). The van der Waals surface area contributed by atoms with Crippen molar-refractivity contribution in [2.45, 2.75) is 13.0 Å². The van der Waals surface area contributed by atoms with Gasteiger partial charge in [0.2, 0.25) is 5.13 Å². The number of nitrogens with zero attached hydrogens (tertiary/aromatic N) is 5. The maximum atomic E-state index is 13.0. The van der Waals surface area contributed by atoms with Crippen LogP contribution in [0, 0.1) is 6.92 Å². The molecule has 3 heterocycles. The van der Waals surface area contributed by atoms with Gasteiger partial charge in [-0.2, -0.15) is 4.37 Å². The zero-order valence-electron chi connectivity index (χ0n) is 22.3. The van der Waals surface area contributed by atoms with E-state index in [0.29, 0.717) is 43.3 Å². The van der Waals surface area contributed by atoms with E-state index >= 15 is 0 Å². The second kappa shape index (κ2) is 12.0. The van der Waals surface area contributed by atoms with Crippen molar-refractivity contribution in [1.82, 2.24) is 19.2 Å². The van der Waals surface area contributed by atoms with Gasteiger partial charge in [-0.3, -0.25) is 0 Å². The average molecular weight is 585 g/mol. The van der Waals surface area contributed by atoms with Gasteiger partial charge in [0.15, 0.2) is 5.82 Å². The van der Waals surface area contributed by atoms with E-state index in [0.717, 1.165) is 32.8 Å². The van der Waals surface area contributed by atoms with Gasteiger partial charge in [-0.1, -0.05) is 42.5 Å². The molecule has 0 bridgehead atoms. The Morgan fingerprint density at radius 2 is 1.71 bits per heavy atom. The molecule has 9 nitrogen and oxygen atoms in total. The molecule has 1 unspecified atom stereocenters. The number of urea groups is 1. The number of carbonyl (C=O) groups excluding carboxylic acids is 1. The molecule has 208 valence electrons. The number of nitrogens with one attached hydrogen (secondary N) is 1. The van der Waals surface area contributed by atoms with E-state index in [1.165, 1.54) is 11.5 Å². The normalized spacial score (nSPS) is 14.1. The van der Waals surface area contributed by atoms with Crippen LogP contribution in [0.5, 0.6) is 11.5 Å². The molecule has 1 saturated heterocycles. The minimum Gasteiger partial charge on any atom is -0.457 e. The van der Waals surface area contributed by atoms with E-state index in [2.05, 4.69) is 24.6 Å². The Bertz CT molecular complexity index is 1610. The van der Waals surface area contributed by atoms with Crippen molar-refractivity contribution in [3.63, 3.8) is 0 Å².